The number of hydrogen-bond donors (Lipinski definition) is 2. The Kier molecular flexibility index (Phi) is 11.7. The number of nitrogens with zero attached hydrogens (tertiary/aromatic N) is 2. The van der Waals surface area contributed by atoms with Gasteiger partial charge in [-0.2, -0.15) is 5.10 Å². The number of halogens is 2. The highest BCUT2D eigenvalue weighted by Crippen LogP contribution is 2.22. The molecule has 1 rings (SSSR count). The van der Waals surface area contributed by atoms with E-state index in [0.717, 1.165) is 36.5 Å². The average Bonchev–Trinajstić information content (AvgIpc) is 2.62. The van der Waals surface area contributed by atoms with Crippen molar-refractivity contribution in [2.24, 2.45) is 7.05 Å². The second-order valence-corrected chi connectivity index (χ2v) is 4.97. The van der Waals surface area contributed by atoms with E-state index in [9.17, 15) is 4.79 Å². The predicted molar refractivity (Wildman–Crippen MR) is 91.8 cm³/mol. The highest BCUT2D eigenvalue weighted by Gasteiger charge is 2.21. The van der Waals surface area contributed by atoms with E-state index < -0.39 is 0 Å². The third kappa shape index (κ3) is 6.24. The van der Waals surface area contributed by atoms with Crippen LogP contribution in [0.5, 0.6) is 0 Å². The number of aryl methyl sites for hydroxylation is 2. The van der Waals surface area contributed by atoms with E-state index in [-0.39, 0.29) is 36.6 Å². The quantitative estimate of drug-likeness (QED) is 0.748. The summed E-state index contributed by atoms with van der Waals surface area (Å²) in [5.74, 6) is -0.0858. The lowest BCUT2D eigenvalue weighted by molar-refractivity contribution is -0.122. The molecule has 1 heterocycles. The third-order valence-electron chi connectivity index (χ3n) is 3.42. The highest BCUT2D eigenvalue weighted by molar-refractivity contribution is 5.85. The van der Waals surface area contributed by atoms with Crippen molar-refractivity contribution in [3.8, 4) is 0 Å². The van der Waals surface area contributed by atoms with Crippen molar-refractivity contribution in [3.05, 3.63) is 17.0 Å². The Morgan fingerprint density at radius 2 is 1.86 bits per heavy atom. The van der Waals surface area contributed by atoms with E-state index in [1.807, 2.05) is 32.5 Å². The van der Waals surface area contributed by atoms with Gasteiger partial charge in [-0.25, -0.2) is 0 Å². The lowest BCUT2D eigenvalue weighted by Crippen LogP contribution is -2.34. The SMILES string of the molecule is CCCNCCNC(=O)C(C)c1c(C)nn(C)c1C.Cl.Cl. The number of carbonyl (C=O) groups excluding carboxylic acids is 1. The molecule has 0 fully saturated rings. The molecule has 1 atom stereocenters. The molecule has 7 heteroatoms. The van der Waals surface area contributed by atoms with Crippen molar-refractivity contribution >= 4 is 30.7 Å². The lowest BCUT2D eigenvalue weighted by atomic mass is 9.98. The fourth-order valence-corrected chi connectivity index (χ4v) is 2.28. The number of aromatic nitrogens is 2. The number of carbonyl (C=O) groups is 1. The largest absolute Gasteiger partial charge is 0.354 e. The molecular formula is C14H28Cl2N4O. The number of amides is 1. The molecule has 0 radical (unpaired) electrons. The molecule has 5 nitrogen and oxygen atoms in total. The summed E-state index contributed by atoms with van der Waals surface area (Å²) in [4.78, 5) is 12.1. The van der Waals surface area contributed by atoms with Gasteiger partial charge in [-0.05, 0) is 33.7 Å². The molecule has 0 spiro atoms. The zero-order valence-corrected chi connectivity index (χ0v) is 15.2. The van der Waals surface area contributed by atoms with Crippen LogP contribution in [-0.2, 0) is 11.8 Å². The zero-order chi connectivity index (χ0) is 14.4. The van der Waals surface area contributed by atoms with Crippen LogP contribution in [0, 0.1) is 13.8 Å². The normalized spacial score (nSPS) is 11.3. The van der Waals surface area contributed by atoms with Crippen LogP contribution in [0.15, 0.2) is 0 Å². The molecule has 1 aromatic rings. The molecular weight excluding hydrogens is 311 g/mol. The van der Waals surface area contributed by atoms with E-state index in [1.165, 1.54) is 0 Å². The maximum atomic E-state index is 12.1. The Bertz CT molecular complexity index is 435. The average molecular weight is 339 g/mol. The van der Waals surface area contributed by atoms with Crippen LogP contribution >= 0.6 is 24.8 Å². The summed E-state index contributed by atoms with van der Waals surface area (Å²) in [5, 5.41) is 10.6. The van der Waals surface area contributed by atoms with Crippen molar-refractivity contribution in [2.75, 3.05) is 19.6 Å². The second-order valence-electron chi connectivity index (χ2n) is 4.97. The van der Waals surface area contributed by atoms with E-state index in [1.54, 1.807) is 0 Å². The van der Waals surface area contributed by atoms with Crippen LogP contribution in [0.3, 0.4) is 0 Å². The number of rotatable bonds is 7. The minimum atomic E-state index is -0.153. The Hall–Kier alpha value is -0.780. The molecule has 0 aromatic carbocycles. The fraction of sp³-hybridized carbons (Fsp3) is 0.714. The smallest absolute Gasteiger partial charge is 0.227 e. The van der Waals surface area contributed by atoms with Gasteiger partial charge in [0.05, 0.1) is 11.6 Å². The van der Waals surface area contributed by atoms with E-state index in [0.29, 0.717) is 6.54 Å². The Morgan fingerprint density at radius 1 is 1.24 bits per heavy atom. The van der Waals surface area contributed by atoms with Gasteiger partial charge in [-0.3, -0.25) is 9.48 Å². The third-order valence-corrected chi connectivity index (χ3v) is 3.42. The van der Waals surface area contributed by atoms with Crippen LogP contribution in [0.4, 0.5) is 0 Å². The molecule has 0 saturated heterocycles. The second kappa shape index (κ2) is 10.9. The zero-order valence-electron chi connectivity index (χ0n) is 13.5. The summed E-state index contributed by atoms with van der Waals surface area (Å²) < 4.78 is 1.83. The summed E-state index contributed by atoms with van der Waals surface area (Å²) in [7, 11) is 1.91. The minimum Gasteiger partial charge on any atom is -0.354 e. The summed E-state index contributed by atoms with van der Waals surface area (Å²) in [6, 6.07) is 0. The lowest BCUT2D eigenvalue weighted by Gasteiger charge is -2.13. The summed E-state index contributed by atoms with van der Waals surface area (Å²) in [6.45, 7) is 10.5. The molecule has 0 bridgehead atoms. The van der Waals surface area contributed by atoms with Gasteiger partial charge in [0.25, 0.3) is 0 Å². The van der Waals surface area contributed by atoms with Gasteiger partial charge in [-0.15, -0.1) is 24.8 Å². The molecule has 124 valence electrons. The monoisotopic (exact) mass is 338 g/mol. The Labute approximate surface area is 140 Å². The first-order chi connectivity index (χ1) is 8.99. The van der Waals surface area contributed by atoms with Gasteiger partial charge >= 0.3 is 0 Å². The van der Waals surface area contributed by atoms with Gasteiger partial charge in [0, 0.05) is 31.4 Å². The van der Waals surface area contributed by atoms with Gasteiger partial charge in [-0.1, -0.05) is 6.92 Å². The van der Waals surface area contributed by atoms with Crippen LogP contribution in [0.25, 0.3) is 0 Å². The maximum absolute atomic E-state index is 12.1. The summed E-state index contributed by atoms with van der Waals surface area (Å²) in [5.41, 5.74) is 3.04. The first-order valence-electron chi connectivity index (χ1n) is 6.97. The topological polar surface area (TPSA) is 58.9 Å². The van der Waals surface area contributed by atoms with Gasteiger partial charge in [0.15, 0.2) is 0 Å². The van der Waals surface area contributed by atoms with Crippen molar-refractivity contribution in [1.82, 2.24) is 20.4 Å². The molecule has 1 amide bonds. The van der Waals surface area contributed by atoms with Crippen LogP contribution in [0.1, 0.15) is 43.1 Å². The van der Waals surface area contributed by atoms with E-state index in [4.69, 9.17) is 0 Å². The van der Waals surface area contributed by atoms with Gasteiger partial charge in [0.1, 0.15) is 0 Å². The Balaban J connectivity index is 0. The molecule has 2 N–H and O–H groups in total. The highest BCUT2D eigenvalue weighted by atomic mass is 35.5. The standard InChI is InChI=1S/C14H26N4O.2ClH/c1-6-7-15-8-9-16-14(19)10(2)13-11(3)17-18(5)12(13)4;;/h10,15H,6-9H2,1-5H3,(H,16,19);2*1H. The number of hydrogen-bond acceptors (Lipinski definition) is 3. The van der Waals surface area contributed by atoms with Crippen molar-refractivity contribution in [3.63, 3.8) is 0 Å². The van der Waals surface area contributed by atoms with Crippen LogP contribution in [-0.4, -0.2) is 35.3 Å². The van der Waals surface area contributed by atoms with Crippen molar-refractivity contribution in [2.45, 2.75) is 40.0 Å². The first kappa shape index (κ1) is 22.5. The van der Waals surface area contributed by atoms with Crippen LogP contribution in [0.2, 0.25) is 0 Å². The molecule has 21 heavy (non-hydrogen) atoms. The molecule has 0 aliphatic heterocycles. The molecule has 1 aromatic heterocycles. The van der Waals surface area contributed by atoms with Crippen molar-refractivity contribution < 1.29 is 4.79 Å². The molecule has 0 aliphatic carbocycles. The van der Waals surface area contributed by atoms with E-state index >= 15 is 0 Å². The predicted octanol–water partition coefficient (Wildman–Crippen LogP) is 2.10. The molecule has 0 aliphatic rings. The van der Waals surface area contributed by atoms with Crippen LogP contribution < -0.4 is 10.6 Å². The van der Waals surface area contributed by atoms with E-state index in [2.05, 4.69) is 22.7 Å². The summed E-state index contributed by atoms with van der Waals surface area (Å²) in [6.07, 6.45) is 1.11. The Morgan fingerprint density at radius 3 is 2.33 bits per heavy atom. The van der Waals surface area contributed by atoms with Gasteiger partial charge < -0.3 is 10.6 Å². The molecule has 0 saturated carbocycles. The first-order valence-corrected chi connectivity index (χ1v) is 6.97. The molecule has 1 unspecified atom stereocenters. The number of nitrogens with one attached hydrogen (secondary N) is 2. The van der Waals surface area contributed by atoms with Gasteiger partial charge in [0.2, 0.25) is 5.91 Å². The van der Waals surface area contributed by atoms with Crippen molar-refractivity contribution in [1.29, 1.82) is 0 Å². The summed E-state index contributed by atoms with van der Waals surface area (Å²) >= 11 is 0. The maximum Gasteiger partial charge on any atom is 0.227 e. The fourth-order valence-electron chi connectivity index (χ4n) is 2.28. The minimum absolute atomic E-state index is 0.